The Morgan fingerprint density at radius 2 is 1.80 bits per heavy atom. The predicted octanol–water partition coefficient (Wildman–Crippen LogP) is 2.47. The number of phenolic OH excluding ortho intramolecular Hbond substituents is 1. The lowest BCUT2D eigenvalue weighted by molar-refractivity contribution is 0.0599. The number of methoxy groups -OCH3 is 1. The zero-order valence-corrected chi connectivity index (χ0v) is 11.3. The summed E-state index contributed by atoms with van der Waals surface area (Å²) in [6.07, 6.45) is 0. The lowest BCUT2D eigenvalue weighted by Crippen LogP contribution is -2.16. The Balaban J connectivity index is 1.97. The summed E-state index contributed by atoms with van der Waals surface area (Å²) in [5.41, 5.74) is 2.55. The van der Waals surface area contributed by atoms with Crippen molar-refractivity contribution in [1.82, 2.24) is 5.32 Å². The lowest BCUT2D eigenvalue weighted by Gasteiger charge is -2.09. The van der Waals surface area contributed by atoms with Gasteiger partial charge in [-0.15, -0.1) is 0 Å². The molecule has 0 saturated heterocycles. The van der Waals surface area contributed by atoms with E-state index in [4.69, 9.17) is 4.74 Å². The van der Waals surface area contributed by atoms with Gasteiger partial charge in [0.1, 0.15) is 5.75 Å². The SMILES string of the molecule is COC(=O)c1ccccc1CNCc1ccc(O)cc1. The summed E-state index contributed by atoms with van der Waals surface area (Å²) in [6.45, 7) is 1.24. The Morgan fingerprint density at radius 3 is 2.50 bits per heavy atom. The van der Waals surface area contributed by atoms with Gasteiger partial charge in [-0.05, 0) is 29.3 Å². The fourth-order valence-electron chi connectivity index (χ4n) is 1.94. The third-order valence-electron chi connectivity index (χ3n) is 3.00. The normalized spacial score (nSPS) is 10.2. The molecule has 4 nitrogen and oxygen atoms in total. The third kappa shape index (κ3) is 3.59. The maximum absolute atomic E-state index is 11.6. The van der Waals surface area contributed by atoms with E-state index in [1.165, 1.54) is 7.11 Å². The molecule has 0 aliphatic rings. The molecule has 2 N–H and O–H groups in total. The molecule has 0 aliphatic heterocycles. The highest BCUT2D eigenvalue weighted by Crippen LogP contribution is 2.12. The van der Waals surface area contributed by atoms with Crippen LogP contribution >= 0.6 is 0 Å². The predicted molar refractivity (Wildman–Crippen MR) is 76.4 cm³/mol. The summed E-state index contributed by atoms with van der Waals surface area (Å²) >= 11 is 0. The maximum Gasteiger partial charge on any atom is 0.338 e. The first-order chi connectivity index (χ1) is 9.70. The molecule has 20 heavy (non-hydrogen) atoms. The number of phenols is 1. The van der Waals surface area contributed by atoms with Crippen molar-refractivity contribution in [2.45, 2.75) is 13.1 Å². The molecule has 0 fully saturated rings. The van der Waals surface area contributed by atoms with Crippen LogP contribution in [0.4, 0.5) is 0 Å². The van der Waals surface area contributed by atoms with E-state index in [9.17, 15) is 9.90 Å². The van der Waals surface area contributed by atoms with Gasteiger partial charge < -0.3 is 15.2 Å². The van der Waals surface area contributed by atoms with Crippen LogP contribution in [0.25, 0.3) is 0 Å². The van der Waals surface area contributed by atoms with Crippen LogP contribution in [0.3, 0.4) is 0 Å². The van der Waals surface area contributed by atoms with Crippen LogP contribution in [0, 0.1) is 0 Å². The molecule has 0 unspecified atom stereocenters. The van der Waals surface area contributed by atoms with Gasteiger partial charge in [0.05, 0.1) is 12.7 Å². The van der Waals surface area contributed by atoms with Crippen LogP contribution in [0.1, 0.15) is 21.5 Å². The van der Waals surface area contributed by atoms with E-state index in [0.717, 1.165) is 11.1 Å². The largest absolute Gasteiger partial charge is 0.508 e. The number of aromatic hydroxyl groups is 1. The quantitative estimate of drug-likeness (QED) is 0.820. The molecule has 104 valence electrons. The number of ether oxygens (including phenoxy) is 1. The first kappa shape index (κ1) is 14.1. The summed E-state index contributed by atoms with van der Waals surface area (Å²) in [5, 5.41) is 12.5. The summed E-state index contributed by atoms with van der Waals surface area (Å²) < 4.78 is 4.76. The van der Waals surface area contributed by atoms with Gasteiger partial charge in [0, 0.05) is 13.1 Å². The molecule has 2 aromatic rings. The van der Waals surface area contributed by atoms with Gasteiger partial charge in [-0.3, -0.25) is 0 Å². The molecular formula is C16H17NO3. The summed E-state index contributed by atoms with van der Waals surface area (Å²) in [7, 11) is 1.38. The van der Waals surface area contributed by atoms with Crippen molar-refractivity contribution in [2.24, 2.45) is 0 Å². The minimum Gasteiger partial charge on any atom is -0.508 e. The van der Waals surface area contributed by atoms with Crippen molar-refractivity contribution < 1.29 is 14.6 Å². The van der Waals surface area contributed by atoms with Crippen molar-refractivity contribution in [3.05, 3.63) is 65.2 Å². The van der Waals surface area contributed by atoms with E-state index < -0.39 is 0 Å². The van der Waals surface area contributed by atoms with E-state index in [-0.39, 0.29) is 11.7 Å². The lowest BCUT2D eigenvalue weighted by atomic mass is 10.1. The highest BCUT2D eigenvalue weighted by molar-refractivity contribution is 5.90. The Kier molecular flexibility index (Phi) is 4.74. The van der Waals surface area contributed by atoms with Gasteiger partial charge in [0.15, 0.2) is 0 Å². The van der Waals surface area contributed by atoms with Crippen molar-refractivity contribution in [3.8, 4) is 5.75 Å². The van der Waals surface area contributed by atoms with E-state index >= 15 is 0 Å². The van der Waals surface area contributed by atoms with Crippen molar-refractivity contribution in [1.29, 1.82) is 0 Å². The van der Waals surface area contributed by atoms with Crippen LogP contribution in [0.2, 0.25) is 0 Å². The maximum atomic E-state index is 11.6. The molecule has 0 heterocycles. The molecule has 2 aromatic carbocycles. The number of nitrogens with one attached hydrogen (secondary N) is 1. The second kappa shape index (κ2) is 6.73. The van der Waals surface area contributed by atoms with Gasteiger partial charge in [-0.25, -0.2) is 4.79 Å². The second-order valence-corrected chi connectivity index (χ2v) is 4.42. The topological polar surface area (TPSA) is 58.6 Å². The van der Waals surface area contributed by atoms with Gasteiger partial charge in [0.25, 0.3) is 0 Å². The Morgan fingerprint density at radius 1 is 1.10 bits per heavy atom. The minimum absolute atomic E-state index is 0.254. The van der Waals surface area contributed by atoms with E-state index in [2.05, 4.69) is 5.32 Å². The zero-order valence-electron chi connectivity index (χ0n) is 11.3. The van der Waals surface area contributed by atoms with Gasteiger partial charge in [-0.1, -0.05) is 30.3 Å². The van der Waals surface area contributed by atoms with Crippen LogP contribution in [-0.2, 0) is 17.8 Å². The van der Waals surface area contributed by atoms with Gasteiger partial charge >= 0.3 is 5.97 Å². The summed E-state index contributed by atoms with van der Waals surface area (Å²) in [5.74, 6) is -0.0724. The standard InChI is InChI=1S/C16H17NO3/c1-20-16(19)15-5-3-2-4-13(15)11-17-10-12-6-8-14(18)9-7-12/h2-9,17-18H,10-11H2,1H3. The Bertz CT molecular complexity index is 579. The van der Waals surface area contributed by atoms with Crippen molar-refractivity contribution >= 4 is 5.97 Å². The van der Waals surface area contributed by atoms with Crippen LogP contribution in [0.15, 0.2) is 48.5 Å². The highest BCUT2D eigenvalue weighted by Gasteiger charge is 2.10. The number of carbonyl (C=O) groups is 1. The average Bonchev–Trinajstić information content (AvgIpc) is 2.49. The molecule has 2 rings (SSSR count). The van der Waals surface area contributed by atoms with Crippen LogP contribution in [-0.4, -0.2) is 18.2 Å². The van der Waals surface area contributed by atoms with E-state index in [0.29, 0.717) is 18.7 Å². The van der Waals surface area contributed by atoms with Gasteiger partial charge in [0.2, 0.25) is 0 Å². The number of rotatable bonds is 5. The van der Waals surface area contributed by atoms with E-state index in [1.54, 1.807) is 18.2 Å². The monoisotopic (exact) mass is 271 g/mol. The number of carbonyl (C=O) groups excluding carboxylic acids is 1. The second-order valence-electron chi connectivity index (χ2n) is 4.42. The van der Waals surface area contributed by atoms with Crippen LogP contribution in [0.5, 0.6) is 5.75 Å². The van der Waals surface area contributed by atoms with Gasteiger partial charge in [-0.2, -0.15) is 0 Å². The molecule has 0 radical (unpaired) electrons. The Labute approximate surface area is 118 Å². The molecular weight excluding hydrogens is 254 g/mol. The third-order valence-corrected chi connectivity index (χ3v) is 3.00. The highest BCUT2D eigenvalue weighted by atomic mass is 16.5. The summed E-state index contributed by atoms with van der Waals surface area (Å²) in [6, 6.07) is 14.4. The molecule has 0 atom stereocenters. The average molecular weight is 271 g/mol. The van der Waals surface area contributed by atoms with E-state index in [1.807, 2.05) is 30.3 Å². The molecule has 0 spiro atoms. The molecule has 0 amide bonds. The molecule has 0 aromatic heterocycles. The minimum atomic E-state index is -0.327. The Hall–Kier alpha value is -2.33. The number of hydrogen-bond donors (Lipinski definition) is 2. The summed E-state index contributed by atoms with van der Waals surface area (Å²) in [4.78, 5) is 11.6. The number of esters is 1. The first-order valence-electron chi connectivity index (χ1n) is 6.35. The van der Waals surface area contributed by atoms with Crippen molar-refractivity contribution in [3.63, 3.8) is 0 Å². The molecule has 0 aliphatic carbocycles. The first-order valence-corrected chi connectivity index (χ1v) is 6.35. The number of hydrogen-bond acceptors (Lipinski definition) is 4. The fourth-order valence-corrected chi connectivity index (χ4v) is 1.94. The smallest absolute Gasteiger partial charge is 0.338 e. The molecule has 4 heteroatoms. The molecule has 0 saturated carbocycles. The van der Waals surface area contributed by atoms with Crippen LogP contribution < -0.4 is 5.32 Å². The number of benzene rings is 2. The fraction of sp³-hybridized carbons (Fsp3) is 0.188. The zero-order chi connectivity index (χ0) is 14.4. The molecule has 0 bridgehead atoms. The van der Waals surface area contributed by atoms with Crippen molar-refractivity contribution in [2.75, 3.05) is 7.11 Å².